The first-order valence-electron chi connectivity index (χ1n) is 7.56. The summed E-state index contributed by atoms with van der Waals surface area (Å²) in [5.74, 6) is 0.357. The Balaban J connectivity index is 3.00. The molecule has 0 heterocycles. The van der Waals surface area contributed by atoms with Crippen LogP contribution >= 0.6 is 0 Å². The zero-order valence-electron chi connectivity index (χ0n) is 13.9. The minimum Gasteiger partial charge on any atom is -0.494 e. The van der Waals surface area contributed by atoms with Gasteiger partial charge in [-0.15, -0.1) is 6.58 Å². The van der Waals surface area contributed by atoms with E-state index in [9.17, 15) is 4.79 Å². The Morgan fingerprint density at radius 1 is 1.22 bits per heavy atom. The number of methoxy groups -OCH3 is 1. The predicted octanol–water partition coefficient (Wildman–Crippen LogP) is 4.93. The molecule has 0 saturated carbocycles. The lowest BCUT2D eigenvalue weighted by atomic mass is 10.00. The Labute approximate surface area is 138 Å². The number of benzene rings is 1. The number of carbonyl (C=O) groups is 1. The summed E-state index contributed by atoms with van der Waals surface area (Å²) in [5.41, 5.74) is 2.28. The molecule has 0 bridgehead atoms. The highest BCUT2D eigenvalue weighted by Crippen LogP contribution is 2.21. The van der Waals surface area contributed by atoms with E-state index in [2.05, 4.69) is 13.2 Å². The van der Waals surface area contributed by atoms with Gasteiger partial charge in [-0.3, -0.25) is 0 Å². The van der Waals surface area contributed by atoms with Crippen LogP contribution in [0.15, 0.2) is 67.5 Å². The molecule has 0 spiro atoms. The number of ether oxygens (including phenoxy) is 2. The van der Waals surface area contributed by atoms with Crippen LogP contribution < -0.4 is 0 Å². The molecule has 0 aliphatic carbocycles. The van der Waals surface area contributed by atoms with Crippen molar-refractivity contribution in [3.05, 3.63) is 78.6 Å². The predicted molar refractivity (Wildman–Crippen MR) is 95.1 cm³/mol. The molecule has 0 aliphatic heterocycles. The third-order valence-corrected chi connectivity index (χ3v) is 3.22. The third-order valence-electron chi connectivity index (χ3n) is 3.22. The van der Waals surface area contributed by atoms with Crippen molar-refractivity contribution in [1.82, 2.24) is 0 Å². The molecule has 0 unspecified atom stereocenters. The van der Waals surface area contributed by atoms with Crippen LogP contribution in [0.4, 0.5) is 0 Å². The second-order valence-corrected chi connectivity index (χ2v) is 4.95. The Bertz CT molecular complexity index is 609. The van der Waals surface area contributed by atoms with Crippen LogP contribution in [-0.4, -0.2) is 19.7 Å². The monoisotopic (exact) mass is 312 g/mol. The quantitative estimate of drug-likeness (QED) is 0.213. The van der Waals surface area contributed by atoms with Gasteiger partial charge in [0, 0.05) is 0 Å². The number of rotatable bonds is 9. The number of esters is 1. The Kier molecular flexibility index (Phi) is 8.22. The van der Waals surface area contributed by atoms with E-state index in [1.807, 2.05) is 37.3 Å². The molecule has 1 rings (SSSR count). The van der Waals surface area contributed by atoms with Crippen molar-refractivity contribution in [2.75, 3.05) is 13.7 Å². The summed E-state index contributed by atoms with van der Waals surface area (Å²) in [6.07, 6.45) is 9.07. The van der Waals surface area contributed by atoms with Gasteiger partial charge in [-0.25, -0.2) is 4.79 Å². The molecule has 1 aromatic carbocycles. The van der Waals surface area contributed by atoms with Gasteiger partial charge in [0.2, 0.25) is 0 Å². The second-order valence-electron chi connectivity index (χ2n) is 4.95. The smallest absolute Gasteiger partial charge is 0.338 e. The Hall–Kier alpha value is -2.55. The van der Waals surface area contributed by atoms with E-state index in [1.54, 1.807) is 18.2 Å². The molecular formula is C20H24O3. The van der Waals surface area contributed by atoms with Crippen LogP contribution in [0, 0.1) is 0 Å². The zero-order chi connectivity index (χ0) is 17.1. The summed E-state index contributed by atoms with van der Waals surface area (Å²) in [6, 6.07) is 7.35. The van der Waals surface area contributed by atoms with Crippen molar-refractivity contribution in [3.8, 4) is 0 Å². The average molecular weight is 312 g/mol. The van der Waals surface area contributed by atoms with Crippen molar-refractivity contribution in [1.29, 1.82) is 0 Å². The maximum absolute atomic E-state index is 11.9. The first-order chi connectivity index (χ1) is 11.1. The molecule has 122 valence electrons. The van der Waals surface area contributed by atoms with E-state index in [0.29, 0.717) is 17.9 Å². The maximum atomic E-state index is 11.9. The Morgan fingerprint density at radius 2 is 1.91 bits per heavy atom. The van der Waals surface area contributed by atoms with E-state index in [1.165, 1.54) is 7.11 Å². The summed E-state index contributed by atoms with van der Waals surface area (Å²) in [7, 11) is 1.38. The van der Waals surface area contributed by atoms with Gasteiger partial charge in [0.25, 0.3) is 0 Å². The van der Waals surface area contributed by atoms with Gasteiger partial charge in [-0.1, -0.05) is 36.9 Å². The number of hydrogen-bond acceptors (Lipinski definition) is 3. The highest BCUT2D eigenvalue weighted by molar-refractivity contribution is 5.95. The largest absolute Gasteiger partial charge is 0.494 e. The molecule has 0 aromatic heterocycles. The fraction of sp³-hybridized carbons (Fsp3) is 0.250. The molecule has 0 fully saturated rings. The van der Waals surface area contributed by atoms with Crippen molar-refractivity contribution >= 4 is 11.5 Å². The van der Waals surface area contributed by atoms with Gasteiger partial charge in [-0.05, 0) is 49.1 Å². The number of unbranched alkanes of at least 4 members (excludes halogenated alkanes) is 1. The van der Waals surface area contributed by atoms with E-state index in [0.717, 1.165) is 24.0 Å². The normalized spacial score (nSPS) is 11.7. The molecule has 0 saturated heterocycles. The van der Waals surface area contributed by atoms with Crippen molar-refractivity contribution in [3.63, 3.8) is 0 Å². The van der Waals surface area contributed by atoms with Crippen LogP contribution in [0.5, 0.6) is 0 Å². The minimum absolute atomic E-state index is 0.352. The third kappa shape index (κ3) is 5.99. The topological polar surface area (TPSA) is 35.5 Å². The lowest BCUT2D eigenvalue weighted by molar-refractivity contribution is 0.0600. The first kappa shape index (κ1) is 18.5. The van der Waals surface area contributed by atoms with Gasteiger partial charge in [0.05, 0.1) is 19.3 Å². The second kappa shape index (κ2) is 10.2. The van der Waals surface area contributed by atoms with Gasteiger partial charge >= 0.3 is 5.97 Å². The molecule has 3 nitrogen and oxygen atoms in total. The highest BCUT2D eigenvalue weighted by Gasteiger charge is 2.12. The fourth-order valence-corrected chi connectivity index (χ4v) is 2.08. The fourth-order valence-electron chi connectivity index (χ4n) is 2.08. The summed E-state index contributed by atoms with van der Waals surface area (Å²) in [5, 5.41) is 0. The summed E-state index contributed by atoms with van der Waals surface area (Å²) >= 11 is 0. The first-order valence-corrected chi connectivity index (χ1v) is 7.56. The average Bonchev–Trinajstić information content (AvgIpc) is 2.58. The number of allylic oxidation sites excluding steroid dienone is 5. The number of carbonyl (C=O) groups excluding carboxylic acids is 1. The van der Waals surface area contributed by atoms with Gasteiger partial charge in [-0.2, -0.15) is 0 Å². The van der Waals surface area contributed by atoms with Gasteiger partial charge < -0.3 is 9.47 Å². The van der Waals surface area contributed by atoms with Gasteiger partial charge in [0.15, 0.2) is 0 Å². The van der Waals surface area contributed by atoms with E-state index < -0.39 is 0 Å². The van der Waals surface area contributed by atoms with Crippen LogP contribution in [0.25, 0.3) is 5.57 Å². The van der Waals surface area contributed by atoms with Crippen LogP contribution in [0.3, 0.4) is 0 Å². The lowest BCUT2D eigenvalue weighted by Gasteiger charge is -2.10. The molecule has 1 aromatic rings. The van der Waals surface area contributed by atoms with Crippen molar-refractivity contribution < 1.29 is 14.3 Å². The molecule has 3 heteroatoms. The highest BCUT2D eigenvalue weighted by atomic mass is 16.5. The SMILES string of the molecule is C=C/C=C(\C=C(/C)c1ccccc1C(=O)OC)OCCCC=C. The zero-order valence-corrected chi connectivity index (χ0v) is 13.9. The van der Waals surface area contributed by atoms with Crippen LogP contribution in [-0.2, 0) is 9.47 Å². The molecule has 0 radical (unpaired) electrons. The lowest BCUT2D eigenvalue weighted by Crippen LogP contribution is -2.04. The molecule has 0 amide bonds. The standard InChI is InChI=1S/C20H24O3/c1-5-7-10-14-23-17(11-6-2)15-16(3)18-12-8-9-13-19(18)20(21)22-4/h5-6,8-9,11-13,15H,1-2,7,10,14H2,3-4H3/b16-15+,17-11+. The molecule has 0 aliphatic rings. The van der Waals surface area contributed by atoms with E-state index in [-0.39, 0.29) is 5.97 Å². The summed E-state index contributed by atoms with van der Waals surface area (Å²) < 4.78 is 10.6. The molecule has 23 heavy (non-hydrogen) atoms. The molecule has 0 N–H and O–H groups in total. The maximum Gasteiger partial charge on any atom is 0.338 e. The van der Waals surface area contributed by atoms with Crippen LogP contribution in [0.2, 0.25) is 0 Å². The summed E-state index contributed by atoms with van der Waals surface area (Å²) in [4.78, 5) is 11.9. The number of hydrogen-bond donors (Lipinski definition) is 0. The van der Waals surface area contributed by atoms with E-state index in [4.69, 9.17) is 9.47 Å². The van der Waals surface area contributed by atoms with Crippen LogP contribution in [0.1, 0.15) is 35.7 Å². The van der Waals surface area contributed by atoms with Crippen molar-refractivity contribution in [2.45, 2.75) is 19.8 Å². The molecule has 0 atom stereocenters. The van der Waals surface area contributed by atoms with E-state index >= 15 is 0 Å². The minimum atomic E-state index is -0.352. The summed E-state index contributed by atoms with van der Waals surface area (Å²) in [6.45, 7) is 9.94. The molecular weight excluding hydrogens is 288 g/mol. The Morgan fingerprint density at radius 3 is 2.52 bits per heavy atom. The van der Waals surface area contributed by atoms with Crippen molar-refractivity contribution in [2.24, 2.45) is 0 Å². The van der Waals surface area contributed by atoms with Gasteiger partial charge in [0.1, 0.15) is 5.76 Å².